The Hall–Kier alpha value is -2.62. The number of carbonyl (C=O) groups is 2. The second-order valence-corrected chi connectivity index (χ2v) is 7.91. The second kappa shape index (κ2) is 10.8. The Labute approximate surface area is 174 Å². The number of nitrogens with zero attached hydrogens (tertiary/aromatic N) is 1. The van der Waals surface area contributed by atoms with Gasteiger partial charge in [0.25, 0.3) is 0 Å². The molecule has 1 fully saturated rings. The van der Waals surface area contributed by atoms with E-state index in [2.05, 4.69) is 5.32 Å². The molecule has 0 spiro atoms. The molecule has 2 aromatic carbocycles. The summed E-state index contributed by atoms with van der Waals surface area (Å²) in [4.78, 5) is 28.0. The zero-order chi connectivity index (χ0) is 20.5. The molecule has 0 saturated heterocycles. The molecule has 2 aromatic rings. The molecule has 3 rings (SSSR count). The van der Waals surface area contributed by atoms with Gasteiger partial charge in [-0.25, -0.2) is 0 Å². The van der Waals surface area contributed by atoms with Gasteiger partial charge < -0.3 is 10.2 Å². The van der Waals surface area contributed by atoms with Crippen molar-refractivity contribution >= 4 is 11.8 Å². The Kier molecular flexibility index (Phi) is 7.85. The molecule has 29 heavy (non-hydrogen) atoms. The van der Waals surface area contributed by atoms with Gasteiger partial charge in [-0.05, 0) is 24.0 Å². The zero-order valence-corrected chi connectivity index (χ0v) is 17.3. The summed E-state index contributed by atoms with van der Waals surface area (Å²) >= 11 is 0. The monoisotopic (exact) mass is 392 g/mol. The fraction of sp³-hybridized carbons (Fsp3) is 0.440. The van der Waals surface area contributed by atoms with Crippen LogP contribution in [0, 0.1) is 0 Å². The normalized spacial score (nSPS) is 15.5. The molecule has 0 heterocycles. The van der Waals surface area contributed by atoms with E-state index < -0.39 is 6.04 Å². The topological polar surface area (TPSA) is 49.4 Å². The van der Waals surface area contributed by atoms with Crippen molar-refractivity contribution in [3.8, 4) is 0 Å². The van der Waals surface area contributed by atoms with Crippen molar-refractivity contribution < 1.29 is 9.59 Å². The zero-order valence-electron chi connectivity index (χ0n) is 17.3. The van der Waals surface area contributed by atoms with Crippen molar-refractivity contribution in [3.63, 3.8) is 0 Å². The molecule has 0 bridgehead atoms. The average Bonchev–Trinajstić information content (AvgIpc) is 2.77. The van der Waals surface area contributed by atoms with Crippen LogP contribution in [-0.2, 0) is 22.6 Å². The first-order valence-electron chi connectivity index (χ1n) is 10.8. The van der Waals surface area contributed by atoms with Gasteiger partial charge in [0.1, 0.15) is 6.04 Å². The molecule has 1 N–H and O–H groups in total. The Balaban J connectivity index is 1.84. The maximum atomic E-state index is 13.4. The third-order valence-electron chi connectivity index (χ3n) is 5.72. The molecule has 0 aliphatic heterocycles. The largest absolute Gasteiger partial charge is 0.352 e. The summed E-state index contributed by atoms with van der Waals surface area (Å²) < 4.78 is 0. The van der Waals surface area contributed by atoms with E-state index in [-0.39, 0.29) is 17.9 Å². The first-order valence-corrected chi connectivity index (χ1v) is 10.8. The van der Waals surface area contributed by atoms with E-state index >= 15 is 0 Å². The van der Waals surface area contributed by atoms with Gasteiger partial charge in [-0.3, -0.25) is 9.59 Å². The number of hydrogen-bond donors (Lipinski definition) is 1. The van der Waals surface area contributed by atoms with Crippen molar-refractivity contribution in [2.24, 2.45) is 0 Å². The number of benzene rings is 2. The number of carbonyl (C=O) groups excluding carboxylic acids is 2. The van der Waals surface area contributed by atoms with Crippen LogP contribution in [0.5, 0.6) is 0 Å². The highest BCUT2D eigenvalue weighted by Gasteiger charge is 2.31. The van der Waals surface area contributed by atoms with Crippen LogP contribution in [0.1, 0.15) is 56.6 Å². The minimum absolute atomic E-state index is 0.00794. The third-order valence-corrected chi connectivity index (χ3v) is 5.72. The Morgan fingerprint density at radius 3 is 2.10 bits per heavy atom. The van der Waals surface area contributed by atoms with Crippen LogP contribution < -0.4 is 5.32 Å². The molecule has 1 aliphatic carbocycles. The van der Waals surface area contributed by atoms with E-state index in [4.69, 9.17) is 0 Å². The van der Waals surface area contributed by atoms with Crippen molar-refractivity contribution in [1.82, 2.24) is 10.2 Å². The van der Waals surface area contributed by atoms with E-state index in [1.165, 1.54) is 6.42 Å². The minimum atomic E-state index is -0.507. The highest BCUT2D eigenvalue weighted by atomic mass is 16.2. The van der Waals surface area contributed by atoms with Crippen LogP contribution in [0.15, 0.2) is 60.7 Å². The van der Waals surface area contributed by atoms with E-state index in [1.807, 2.05) is 67.6 Å². The van der Waals surface area contributed by atoms with Gasteiger partial charge in [-0.1, -0.05) is 86.8 Å². The standard InChI is InChI=1S/C25H32N2O2/c1-2-24(28)27(19-21-14-8-4-9-15-21)23(18-20-12-6-3-7-13-20)25(29)26-22-16-10-5-11-17-22/h3-4,6-9,12-15,22-23H,2,5,10-11,16-19H2,1H3,(H,26,29)/t23-/m0/s1. The van der Waals surface area contributed by atoms with Gasteiger partial charge in [0, 0.05) is 25.4 Å². The molecule has 1 aliphatic rings. The molecule has 154 valence electrons. The van der Waals surface area contributed by atoms with E-state index in [0.717, 1.165) is 36.8 Å². The summed E-state index contributed by atoms with van der Waals surface area (Å²) in [5, 5.41) is 3.25. The van der Waals surface area contributed by atoms with Crippen molar-refractivity contribution in [3.05, 3.63) is 71.8 Å². The summed E-state index contributed by atoms with van der Waals surface area (Å²) in [6.07, 6.45) is 6.54. The molecule has 0 unspecified atom stereocenters. The van der Waals surface area contributed by atoms with E-state index in [9.17, 15) is 9.59 Å². The number of nitrogens with one attached hydrogen (secondary N) is 1. The predicted octanol–water partition coefficient (Wildman–Crippen LogP) is 4.49. The summed E-state index contributed by atoms with van der Waals surface area (Å²) in [5.41, 5.74) is 2.11. The van der Waals surface area contributed by atoms with E-state index in [0.29, 0.717) is 19.4 Å². The summed E-state index contributed by atoms with van der Waals surface area (Å²) in [5.74, 6) is -0.0212. The fourth-order valence-corrected chi connectivity index (χ4v) is 4.08. The van der Waals surface area contributed by atoms with Gasteiger partial charge in [0.05, 0.1) is 0 Å². The highest BCUT2D eigenvalue weighted by molar-refractivity contribution is 5.88. The minimum Gasteiger partial charge on any atom is -0.352 e. The molecule has 4 heteroatoms. The molecule has 4 nitrogen and oxygen atoms in total. The molecule has 2 amide bonds. The fourth-order valence-electron chi connectivity index (χ4n) is 4.08. The Bertz CT molecular complexity index is 770. The van der Waals surface area contributed by atoms with Crippen molar-refractivity contribution in [2.45, 2.75) is 70.5 Å². The smallest absolute Gasteiger partial charge is 0.243 e. The lowest BCUT2D eigenvalue weighted by Gasteiger charge is -2.33. The predicted molar refractivity (Wildman–Crippen MR) is 116 cm³/mol. The van der Waals surface area contributed by atoms with Gasteiger partial charge in [0.15, 0.2) is 0 Å². The highest BCUT2D eigenvalue weighted by Crippen LogP contribution is 2.20. The van der Waals surface area contributed by atoms with Gasteiger partial charge in [-0.2, -0.15) is 0 Å². The second-order valence-electron chi connectivity index (χ2n) is 7.91. The van der Waals surface area contributed by atoms with Crippen LogP contribution in [0.25, 0.3) is 0 Å². The molecular weight excluding hydrogens is 360 g/mol. The lowest BCUT2D eigenvalue weighted by molar-refractivity contribution is -0.141. The lowest BCUT2D eigenvalue weighted by atomic mass is 9.94. The molecule has 1 atom stereocenters. The average molecular weight is 393 g/mol. The van der Waals surface area contributed by atoms with Crippen LogP contribution >= 0.6 is 0 Å². The quantitative estimate of drug-likeness (QED) is 0.720. The first kappa shape index (κ1) is 21.1. The number of amides is 2. The third kappa shape index (κ3) is 6.18. The summed E-state index contributed by atoms with van der Waals surface area (Å²) in [6, 6.07) is 19.6. The van der Waals surface area contributed by atoms with Crippen LogP contribution in [0.3, 0.4) is 0 Å². The number of rotatable bonds is 8. The van der Waals surface area contributed by atoms with Crippen LogP contribution in [0.2, 0.25) is 0 Å². The Morgan fingerprint density at radius 1 is 0.931 bits per heavy atom. The summed E-state index contributed by atoms with van der Waals surface area (Å²) in [6.45, 7) is 2.31. The van der Waals surface area contributed by atoms with Crippen molar-refractivity contribution in [2.75, 3.05) is 0 Å². The lowest BCUT2D eigenvalue weighted by Crippen LogP contribution is -2.52. The molecular formula is C25H32N2O2. The van der Waals surface area contributed by atoms with Gasteiger partial charge >= 0.3 is 0 Å². The number of hydrogen-bond acceptors (Lipinski definition) is 2. The van der Waals surface area contributed by atoms with E-state index in [1.54, 1.807) is 4.90 Å². The first-order chi connectivity index (χ1) is 14.2. The summed E-state index contributed by atoms with van der Waals surface area (Å²) in [7, 11) is 0. The van der Waals surface area contributed by atoms with Crippen LogP contribution in [-0.4, -0.2) is 28.8 Å². The Morgan fingerprint density at radius 2 is 1.52 bits per heavy atom. The SMILES string of the molecule is CCC(=O)N(Cc1ccccc1)[C@@H](Cc1ccccc1)C(=O)NC1CCCCC1. The molecule has 0 radical (unpaired) electrons. The van der Waals surface area contributed by atoms with Crippen LogP contribution in [0.4, 0.5) is 0 Å². The van der Waals surface area contributed by atoms with Gasteiger partial charge in [0.2, 0.25) is 11.8 Å². The maximum absolute atomic E-state index is 13.4. The van der Waals surface area contributed by atoms with Gasteiger partial charge in [-0.15, -0.1) is 0 Å². The maximum Gasteiger partial charge on any atom is 0.243 e. The molecule has 0 aromatic heterocycles. The molecule has 1 saturated carbocycles. The van der Waals surface area contributed by atoms with Crippen molar-refractivity contribution in [1.29, 1.82) is 0 Å².